The Balaban J connectivity index is 2.76. The molecule has 80 valence electrons. The fourth-order valence-corrected chi connectivity index (χ4v) is 1.88. The Bertz CT molecular complexity index is 488. The molecule has 0 radical (unpaired) electrons. The minimum absolute atomic E-state index is 0.310. The molecule has 0 aromatic carbocycles. The molecule has 0 saturated carbocycles. The molecule has 0 spiro atoms. The maximum atomic E-state index is 5.81. The van der Waals surface area contributed by atoms with Gasteiger partial charge in [0.1, 0.15) is 5.65 Å². The largest absolute Gasteiger partial charge is 0.330 e. The second-order valence-corrected chi connectivity index (χ2v) is 4.22. The second kappa shape index (κ2) is 3.81. The molecule has 2 heterocycles. The van der Waals surface area contributed by atoms with Crippen LogP contribution in [0.2, 0.25) is 5.28 Å². The molecule has 0 aliphatic carbocycles. The standard InChI is InChI=1S/C11H14ClN3/c1-4-8-6-15(7(2)3)10-9(8)5-13-11(12)14-10/h5-7H,4H2,1-3H3. The summed E-state index contributed by atoms with van der Waals surface area (Å²) < 4.78 is 2.14. The SMILES string of the molecule is CCc1cn(C(C)C)c2nc(Cl)ncc12. The monoisotopic (exact) mass is 223 g/mol. The fraction of sp³-hybridized carbons (Fsp3) is 0.455. The topological polar surface area (TPSA) is 30.7 Å². The zero-order chi connectivity index (χ0) is 11.0. The van der Waals surface area contributed by atoms with E-state index in [2.05, 4.69) is 41.5 Å². The summed E-state index contributed by atoms with van der Waals surface area (Å²) in [5.41, 5.74) is 2.21. The van der Waals surface area contributed by atoms with Gasteiger partial charge in [-0.25, -0.2) is 4.98 Å². The molecular weight excluding hydrogens is 210 g/mol. The molecule has 0 bridgehead atoms. The fourth-order valence-electron chi connectivity index (χ4n) is 1.75. The number of hydrogen-bond acceptors (Lipinski definition) is 2. The predicted molar refractivity (Wildman–Crippen MR) is 62.3 cm³/mol. The molecule has 2 aromatic rings. The van der Waals surface area contributed by atoms with Gasteiger partial charge in [0.25, 0.3) is 0 Å². The highest BCUT2D eigenvalue weighted by atomic mass is 35.5. The zero-order valence-electron chi connectivity index (χ0n) is 9.16. The molecular formula is C11H14ClN3. The molecule has 0 atom stereocenters. The van der Waals surface area contributed by atoms with Crippen LogP contribution in [0.15, 0.2) is 12.4 Å². The van der Waals surface area contributed by atoms with Crippen LogP contribution in [0.5, 0.6) is 0 Å². The molecule has 2 aromatic heterocycles. The highest BCUT2D eigenvalue weighted by Gasteiger charge is 2.11. The van der Waals surface area contributed by atoms with Gasteiger partial charge < -0.3 is 4.57 Å². The van der Waals surface area contributed by atoms with Gasteiger partial charge in [0, 0.05) is 23.8 Å². The third-order valence-electron chi connectivity index (χ3n) is 2.56. The van der Waals surface area contributed by atoms with Crippen LogP contribution in [-0.2, 0) is 6.42 Å². The van der Waals surface area contributed by atoms with Crippen LogP contribution >= 0.6 is 11.6 Å². The lowest BCUT2D eigenvalue weighted by Gasteiger charge is -2.07. The lowest BCUT2D eigenvalue weighted by molar-refractivity contribution is 0.616. The smallest absolute Gasteiger partial charge is 0.224 e. The number of fused-ring (bicyclic) bond motifs is 1. The number of halogens is 1. The molecule has 0 aliphatic rings. The average Bonchev–Trinajstić information content (AvgIpc) is 2.55. The minimum atomic E-state index is 0.310. The summed E-state index contributed by atoms with van der Waals surface area (Å²) in [6, 6.07) is 0.388. The van der Waals surface area contributed by atoms with Gasteiger partial charge in [0.2, 0.25) is 5.28 Å². The number of rotatable bonds is 2. The van der Waals surface area contributed by atoms with Crippen molar-refractivity contribution in [3.63, 3.8) is 0 Å². The van der Waals surface area contributed by atoms with Crippen LogP contribution < -0.4 is 0 Å². The van der Waals surface area contributed by atoms with E-state index >= 15 is 0 Å². The summed E-state index contributed by atoms with van der Waals surface area (Å²) in [4.78, 5) is 8.31. The highest BCUT2D eigenvalue weighted by Crippen LogP contribution is 2.23. The summed E-state index contributed by atoms with van der Waals surface area (Å²) in [6.45, 7) is 6.40. The van der Waals surface area contributed by atoms with E-state index in [1.807, 2.05) is 6.20 Å². The number of hydrogen-bond donors (Lipinski definition) is 0. The van der Waals surface area contributed by atoms with Crippen molar-refractivity contribution in [2.45, 2.75) is 33.2 Å². The van der Waals surface area contributed by atoms with E-state index in [0.717, 1.165) is 17.5 Å². The molecule has 0 saturated heterocycles. The Labute approximate surface area is 94.1 Å². The summed E-state index contributed by atoms with van der Waals surface area (Å²) in [5, 5.41) is 1.42. The number of nitrogens with zero attached hydrogens (tertiary/aromatic N) is 3. The maximum absolute atomic E-state index is 5.81. The third-order valence-corrected chi connectivity index (χ3v) is 2.74. The van der Waals surface area contributed by atoms with E-state index in [9.17, 15) is 0 Å². The summed E-state index contributed by atoms with van der Waals surface area (Å²) in [6.07, 6.45) is 4.93. The van der Waals surface area contributed by atoms with Gasteiger partial charge in [-0.05, 0) is 37.4 Å². The van der Waals surface area contributed by atoms with Crippen LogP contribution in [-0.4, -0.2) is 14.5 Å². The number of aryl methyl sites for hydroxylation is 1. The molecule has 15 heavy (non-hydrogen) atoms. The molecule has 0 fully saturated rings. The molecule has 3 nitrogen and oxygen atoms in total. The van der Waals surface area contributed by atoms with E-state index in [0.29, 0.717) is 11.3 Å². The summed E-state index contributed by atoms with van der Waals surface area (Å²) in [7, 11) is 0. The van der Waals surface area contributed by atoms with Gasteiger partial charge in [0.15, 0.2) is 0 Å². The average molecular weight is 224 g/mol. The van der Waals surface area contributed by atoms with Crippen LogP contribution in [0.4, 0.5) is 0 Å². The Morgan fingerprint density at radius 2 is 2.20 bits per heavy atom. The lowest BCUT2D eigenvalue weighted by atomic mass is 10.2. The van der Waals surface area contributed by atoms with Gasteiger partial charge in [-0.3, -0.25) is 0 Å². The molecule has 0 amide bonds. The summed E-state index contributed by atoms with van der Waals surface area (Å²) >= 11 is 5.81. The van der Waals surface area contributed by atoms with Crippen LogP contribution in [0.3, 0.4) is 0 Å². The van der Waals surface area contributed by atoms with Gasteiger partial charge in [-0.15, -0.1) is 0 Å². The Hall–Kier alpha value is -1.09. The van der Waals surface area contributed by atoms with Crippen molar-refractivity contribution >= 4 is 22.6 Å². The van der Waals surface area contributed by atoms with Crippen LogP contribution in [0.25, 0.3) is 11.0 Å². The predicted octanol–water partition coefficient (Wildman–Crippen LogP) is 3.23. The van der Waals surface area contributed by atoms with Crippen molar-refractivity contribution in [1.29, 1.82) is 0 Å². The van der Waals surface area contributed by atoms with E-state index in [1.54, 1.807) is 0 Å². The third kappa shape index (κ3) is 1.72. The lowest BCUT2D eigenvalue weighted by Crippen LogP contribution is -2.00. The van der Waals surface area contributed by atoms with Crippen molar-refractivity contribution in [3.05, 3.63) is 23.2 Å². The van der Waals surface area contributed by atoms with E-state index in [4.69, 9.17) is 11.6 Å². The normalized spacial score (nSPS) is 11.5. The van der Waals surface area contributed by atoms with Crippen molar-refractivity contribution in [2.24, 2.45) is 0 Å². The zero-order valence-corrected chi connectivity index (χ0v) is 9.91. The van der Waals surface area contributed by atoms with Gasteiger partial charge >= 0.3 is 0 Å². The molecule has 0 N–H and O–H groups in total. The summed E-state index contributed by atoms with van der Waals surface area (Å²) in [5.74, 6) is 0. The molecule has 2 rings (SSSR count). The van der Waals surface area contributed by atoms with Crippen LogP contribution in [0, 0.1) is 0 Å². The quantitative estimate of drug-likeness (QED) is 0.732. The van der Waals surface area contributed by atoms with E-state index in [-0.39, 0.29) is 0 Å². The first kappa shape index (κ1) is 10.4. The first-order valence-electron chi connectivity index (χ1n) is 5.15. The first-order valence-corrected chi connectivity index (χ1v) is 5.53. The first-order chi connectivity index (χ1) is 7.13. The van der Waals surface area contributed by atoms with Crippen molar-refractivity contribution in [3.8, 4) is 0 Å². The second-order valence-electron chi connectivity index (χ2n) is 3.89. The van der Waals surface area contributed by atoms with E-state index in [1.165, 1.54) is 5.56 Å². The van der Waals surface area contributed by atoms with Crippen molar-refractivity contribution in [2.75, 3.05) is 0 Å². The Morgan fingerprint density at radius 3 is 2.80 bits per heavy atom. The van der Waals surface area contributed by atoms with Crippen molar-refractivity contribution < 1.29 is 0 Å². The molecule has 0 aliphatic heterocycles. The van der Waals surface area contributed by atoms with Gasteiger partial charge in [0.05, 0.1) is 0 Å². The van der Waals surface area contributed by atoms with Gasteiger partial charge in [-0.1, -0.05) is 6.92 Å². The van der Waals surface area contributed by atoms with E-state index < -0.39 is 0 Å². The maximum Gasteiger partial charge on any atom is 0.224 e. The van der Waals surface area contributed by atoms with Crippen LogP contribution in [0.1, 0.15) is 32.4 Å². The molecule has 0 unspecified atom stereocenters. The highest BCUT2D eigenvalue weighted by molar-refractivity contribution is 6.28. The Morgan fingerprint density at radius 1 is 1.47 bits per heavy atom. The minimum Gasteiger partial charge on any atom is -0.330 e. The van der Waals surface area contributed by atoms with Crippen molar-refractivity contribution in [1.82, 2.24) is 14.5 Å². The molecule has 4 heteroatoms. The number of aromatic nitrogens is 3. The van der Waals surface area contributed by atoms with Gasteiger partial charge in [-0.2, -0.15) is 4.98 Å². The Kier molecular flexibility index (Phi) is 2.65.